The topological polar surface area (TPSA) is 59.8 Å². The smallest absolute Gasteiger partial charge is 0.309 e. The minimum Gasteiger partial charge on any atom is -0.309 e. The van der Waals surface area contributed by atoms with Crippen molar-refractivity contribution in [3.05, 3.63) is 40.3 Å². The third-order valence-corrected chi connectivity index (χ3v) is 4.17. The maximum absolute atomic E-state index is 13.0. The SMILES string of the molecule is O=C(Cn1nc(C(F)(F)F)c(Br)c1C1CC1)Nc1ccccn1. The molecule has 0 aromatic carbocycles. The lowest BCUT2D eigenvalue weighted by Gasteiger charge is -2.07. The van der Waals surface area contributed by atoms with Gasteiger partial charge in [0.15, 0.2) is 5.69 Å². The fourth-order valence-corrected chi connectivity index (χ4v) is 3.09. The zero-order chi connectivity index (χ0) is 16.6. The van der Waals surface area contributed by atoms with E-state index in [1.807, 2.05) is 0 Å². The maximum Gasteiger partial charge on any atom is 0.436 e. The summed E-state index contributed by atoms with van der Waals surface area (Å²) in [7, 11) is 0. The summed E-state index contributed by atoms with van der Waals surface area (Å²) in [5, 5.41) is 6.12. The van der Waals surface area contributed by atoms with Gasteiger partial charge in [-0.3, -0.25) is 9.48 Å². The molecule has 1 amide bonds. The highest BCUT2D eigenvalue weighted by Crippen LogP contribution is 2.46. The van der Waals surface area contributed by atoms with E-state index >= 15 is 0 Å². The minimum atomic E-state index is -4.56. The number of carbonyl (C=O) groups is 1. The monoisotopic (exact) mass is 388 g/mol. The normalized spacial score (nSPS) is 14.8. The summed E-state index contributed by atoms with van der Waals surface area (Å²) in [6.07, 6.45) is -1.46. The van der Waals surface area contributed by atoms with Crippen molar-refractivity contribution in [2.45, 2.75) is 31.5 Å². The van der Waals surface area contributed by atoms with E-state index in [1.54, 1.807) is 18.2 Å². The molecule has 1 aliphatic carbocycles. The lowest BCUT2D eigenvalue weighted by molar-refractivity contribution is -0.142. The van der Waals surface area contributed by atoms with Gasteiger partial charge in [-0.15, -0.1) is 0 Å². The Hall–Kier alpha value is -1.90. The number of carbonyl (C=O) groups excluding carboxylic acids is 1. The van der Waals surface area contributed by atoms with Crippen molar-refractivity contribution >= 4 is 27.7 Å². The van der Waals surface area contributed by atoms with Crippen LogP contribution in [-0.2, 0) is 17.5 Å². The molecule has 0 unspecified atom stereocenters. The number of nitrogens with zero attached hydrogens (tertiary/aromatic N) is 3. The van der Waals surface area contributed by atoms with Crippen LogP contribution in [0.25, 0.3) is 0 Å². The first-order chi connectivity index (χ1) is 10.9. The molecule has 2 aromatic heterocycles. The number of alkyl halides is 3. The van der Waals surface area contributed by atoms with Crippen molar-refractivity contribution in [2.24, 2.45) is 0 Å². The Morgan fingerprint density at radius 1 is 1.39 bits per heavy atom. The number of rotatable bonds is 4. The summed E-state index contributed by atoms with van der Waals surface area (Å²) in [6, 6.07) is 4.99. The second-order valence-corrected chi connectivity index (χ2v) is 6.03. The average Bonchev–Trinajstić information content (AvgIpc) is 3.24. The molecule has 0 radical (unpaired) electrons. The van der Waals surface area contributed by atoms with Gasteiger partial charge < -0.3 is 5.32 Å². The van der Waals surface area contributed by atoms with Crippen LogP contribution in [-0.4, -0.2) is 20.7 Å². The molecule has 1 aliphatic rings. The van der Waals surface area contributed by atoms with Crippen molar-refractivity contribution in [3.63, 3.8) is 0 Å². The molecule has 0 saturated heterocycles. The van der Waals surface area contributed by atoms with Gasteiger partial charge in [-0.1, -0.05) is 6.07 Å². The molecule has 2 aromatic rings. The Bertz CT molecular complexity index is 726. The van der Waals surface area contributed by atoms with Crippen molar-refractivity contribution in [1.29, 1.82) is 0 Å². The Kier molecular flexibility index (Phi) is 4.13. The molecule has 1 fully saturated rings. The van der Waals surface area contributed by atoms with E-state index in [1.165, 1.54) is 6.20 Å². The fourth-order valence-electron chi connectivity index (χ4n) is 2.26. The zero-order valence-electron chi connectivity index (χ0n) is 11.8. The number of aromatic nitrogens is 3. The molecule has 9 heteroatoms. The molecule has 0 spiro atoms. The number of nitrogens with one attached hydrogen (secondary N) is 1. The second-order valence-electron chi connectivity index (χ2n) is 5.24. The van der Waals surface area contributed by atoms with Crippen LogP contribution in [0.4, 0.5) is 19.0 Å². The number of amides is 1. The molecule has 0 atom stereocenters. The Balaban J connectivity index is 1.83. The van der Waals surface area contributed by atoms with Gasteiger partial charge in [-0.25, -0.2) is 4.98 Å². The summed E-state index contributed by atoms with van der Waals surface area (Å²) in [5.41, 5.74) is -0.571. The van der Waals surface area contributed by atoms with E-state index in [0.29, 0.717) is 11.5 Å². The third kappa shape index (κ3) is 3.54. The van der Waals surface area contributed by atoms with Crippen molar-refractivity contribution in [2.75, 3.05) is 5.32 Å². The predicted molar refractivity (Wildman–Crippen MR) is 79.8 cm³/mol. The molecule has 3 rings (SSSR count). The number of pyridine rings is 1. The third-order valence-electron chi connectivity index (χ3n) is 3.39. The van der Waals surface area contributed by atoms with Gasteiger partial charge in [0.05, 0.1) is 10.2 Å². The first kappa shape index (κ1) is 16.0. The average molecular weight is 389 g/mol. The lowest BCUT2D eigenvalue weighted by atomic mass is 10.2. The van der Waals surface area contributed by atoms with Crippen LogP contribution in [0.2, 0.25) is 0 Å². The molecular formula is C14H12BrF3N4O. The van der Waals surface area contributed by atoms with Gasteiger partial charge in [-0.2, -0.15) is 18.3 Å². The van der Waals surface area contributed by atoms with E-state index in [4.69, 9.17) is 0 Å². The highest BCUT2D eigenvalue weighted by molar-refractivity contribution is 9.10. The number of halogens is 4. The van der Waals surface area contributed by atoms with Crippen LogP contribution in [0.15, 0.2) is 28.9 Å². The quantitative estimate of drug-likeness (QED) is 0.870. The summed E-state index contributed by atoms with van der Waals surface area (Å²) in [6.45, 7) is -0.295. The highest BCUT2D eigenvalue weighted by Gasteiger charge is 2.41. The molecule has 2 heterocycles. The minimum absolute atomic E-state index is 0.00984. The van der Waals surface area contributed by atoms with Gasteiger partial charge >= 0.3 is 6.18 Å². The summed E-state index contributed by atoms with van der Waals surface area (Å²) in [5.74, 6) is -0.127. The van der Waals surface area contributed by atoms with Gasteiger partial charge in [0.25, 0.3) is 0 Å². The van der Waals surface area contributed by atoms with Gasteiger partial charge in [0.1, 0.15) is 12.4 Å². The van der Waals surface area contributed by atoms with Crippen LogP contribution in [0.5, 0.6) is 0 Å². The van der Waals surface area contributed by atoms with Crippen LogP contribution >= 0.6 is 15.9 Å². The van der Waals surface area contributed by atoms with E-state index in [-0.39, 0.29) is 16.9 Å². The van der Waals surface area contributed by atoms with Crippen molar-refractivity contribution < 1.29 is 18.0 Å². The Morgan fingerprint density at radius 2 is 2.13 bits per heavy atom. The van der Waals surface area contributed by atoms with Gasteiger partial charge in [0, 0.05) is 12.1 Å². The lowest BCUT2D eigenvalue weighted by Crippen LogP contribution is -2.21. The summed E-state index contributed by atoms with van der Waals surface area (Å²) in [4.78, 5) is 16.0. The second kappa shape index (κ2) is 5.95. The first-order valence-corrected chi connectivity index (χ1v) is 7.70. The molecular weight excluding hydrogens is 377 g/mol. The van der Waals surface area contributed by atoms with E-state index < -0.39 is 17.8 Å². The number of anilines is 1. The van der Waals surface area contributed by atoms with E-state index in [2.05, 4.69) is 31.3 Å². The molecule has 1 N–H and O–H groups in total. The molecule has 122 valence electrons. The number of hydrogen-bond donors (Lipinski definition) is 1. The number of hydrogen-bond acceptors (Lipinski definition) is 3. The van der Waals surface area contributed by atoms with Gasteiger partial charge in [0.2, 0.25) is 5.91 Å². The Labute approximate surface area is 138 Å². The zero-order valence-corrected chi connectivity index (χ0v) is 13.4. The molecule has 5 nitrogen and oxygen atoms in total. The molecule has 0 aliphatic heterocycles. The standard InChI is InChI=1S/C14H12BrF3N4O/c15-11-12(8-4-5-8)22(21-13(11)14(16,17)18)7-10(23)20-9-3-1-2-6-19-9/h1-3,6,8H,4-5,7H2,(H,19,20,23). The largest absolute Gasteiger partial charge is 0.436 e. The van der Waals surface area contributed by atoms with E-state index in [9.17, 15) is 18.0 Å². The van der Waals surface area contributed by atoms with Crippen molar-refractivity contribution in [3.8, 4) is 0 Å². The first-order valence-electron chi connectivity index (χ1n) is 6.90. The predicted octanol–water partition coefficient (Wildman–Crippen LogP) is 3.58. The highest BCUT2D eigenvalue weighted by atomic mass is 79.9. The van der Waals surface area contributed by atoms with Crippen LogP contribution in [0.1, 0.15) is 30.1 Å². The maximum atomic E-state index is 13.0. The molecule has 1 saturated carbocycles. The Morgan fingerprint density at radius 3 is 2.70 bits per heavy atom. The molecule has 0 bridgehead atoms. The van der Waals surface area contributed by atoms with E-state index in [0.717, 1.165) is 17.5 Å². The van der Waals surface area contributed by atoms with Crippen molar-refractivity contribution in [1.82, 2.24) is 14.8 Å². The fraction of sp³-hybridized carbons (Fsp3) is 0.357. The van der Waals surface area contributed by atoms with Crippen LogP contribution in [0, 0.1) is 0 Å². The summed E-state index contributed by atoms with van der Waals surface area (Å²) >= 11 is 2.99. The summed E-state index contributed by atoms with van der Waals surface area (Å²) < 4.78 is 40.0. The van der Waals surface area contributed by atoms with Gasteiger partial charge in [-0.05, 0) is 40.9 Å². The van der Waals surface area contributed by atoms with Crippen LogP contribution < -0.4 is 5.32 Å². The molecule has 23 heavy (non-hydrogen) atoms. The van der Waals surface area contributed by atoms with Crippen LogP contribution in [0.3, 0.4) is 0 Å².